The molecule has 3 heteroatoms. The molecule has 0 aliphatic carbocycles. The fourth-order valence-electron chi connectivity index (χ4n) is 0.289. The molecule has 0 aromatic rings. The van der Waals surface area contributed by atoms with Crippen LogP contribution in [0.4, 0.5) is 0 Å². The zero-order valence-electron chi connectivity index (χ0n) is 7.41. The topological polar surface area (TPSA) is 0 Å². The molecule has 0 fully saturated rings. The van der Waals surface area contributed by atoms with Crippen LogP contribution < -0.4 is 0 Å². The average Bonchev–Trinajstić information content (AvgIpc) is 1.93. The Labute approximate surface area is 93.2 Å². The van der Waals surface area contributed by atoms with E-state index in [-0.39, 0.29) is 17.1 Å². The summed E-state index contributed by atoms with van der Waals surface area (Å²) >= 11 is 9.30. The first kappa shape index (κ1) is 18.1. The normalized spacial score (nSPS) is 7.64. The molecule has 0 nitrogen and oxygen atoms in total. The van der Waals surface area contributed by atoms with E-state index in [4.69, 9.17) is 0 Å². The third-order valence-corrected chi connectivity index (χ3v) is 1.57. The fraction of sp³-hybridized carbons (Fsp3) is 1.00. The van der Waals surface area contributed by atoms with E-state index in [1.165, 1.54) is 25.7 Å². The van der Waals surface area contributed by atoms with Crippen LogP contribution in [0.2, 0.25) is 0 Å². The molecule has 0 radical (unpaired) electrons. The van der Waals surface area contributed by atoms with Crippen LogP contribution in [0.5, 0.6) is 0 Å². The SMILES string of the molecule is CCCC[S-].CCCC[S-].[Fe+2]. The molecule has 0 bridgehead atoms. The molecular formula is C8H18FeS2. The van der Waals surface area contributed by atoms with Crippen molar-refractivity contribution in [2.45, 2.75) is 39.5 Å². The van der Waals surface area contributed by atoms with Gasteiger partial charge in [0.15, 0.2) is 0 Å². The van der Waals surface area contributed by atoms with Gasteiger partial charge in [-0.1, -0.05) is 39.5 Å². The van der Waals surface area contributed by atoms with Gasteiger partial charge in [-0.2, -0.15) is 11.5 Å². The molecule has 0 aromatic heterocycles. The Kier molecular flexibility index (Phi) is 37.0. The molecule has 0 heterocycles. The summed E-state index contributed by atoms with van der Waals surface area (Å²) in [6, 6.07) is 0. The van der Waals surface area contributed by atoms with Gasteiger partial charge < -0.3 is 25.3 Å². The van der Waals surface area contributed by atoms with E-state index in [1.807, 2.05) is 0 Å². The zero-order valence-corrected chi connectivity index (χ0v) is 10.1. The maximum Gasteiger partial charge on any atom is 2.00 e. The van der Waals surface area contributed by atoms with Crippen LogP contribution in [-0.2, 0) is 42.3 Å². The molecule has 0 rings (SSSR count). The van der Waals surface area contributed by atoms with Gasteiger partial charge in [0.1, 0.15) is 0 Å². The molecular weight excluding hydrogens is 216 g/mol. The molecule has 0 aromatic carbocycles. The van der Waals surface area contributed by atoms with Crippen LogP contribution in [0.15, 0.2) is 0 Å². The zero-order chi connectivity index (χ0) is 8.24. The summed E-state index contributed by atoms with van der Waals surface area (Å²) in [5.74, 6) is 1.85. The van der Waals surface area contributed by atoms with E-state index in [2.05, 4.69) is 39.1 Å². The van der Waals surface area contributed by atoms with Crippen molar-refractivity contribution < 1.29 is 17.1 Å². The minimum atomic E-state index is 0. The van der Waals surface area contributed by atoms with E-state index in [1.54, 1.807) is 0 Å². The summed E-state index contributed by atoms with van der Waals surface area (Å²) in [5, 5.41) is 0. The van der Waals surface area contributed by atoms with Gasteiger partial charge in [-0.15, -0.1) is 0 Å². The van der Waals surface area contributed by atoms with Crippen molar-refractivity contribution in [1.29, 1.82) is 0 Å². The van der Waals surface area contributed by atoms with Crippen LogP contribution in [0.3, 0.4) is 0 Å². The Morgan fingerprint density at radius 1 is 0.818 bits per heavy atom. The van der Waals surface area contributed by atoms with E-state index in [0.717, 1.165) is 11.5 Å². The molecule has 0 aliphatic heterocycles. The average molecular weight is 234 g/mol. The van der Waals surface area contributed by atoms with Gasteiger partial charge in [-0.25, -0.2) is 0 Å². The van der Waals surface area contributed by atoms with Gasteiger partial charge in [0.05, 0.1) is 0 Å². The van der Waals surface area contributed by atoms with Crippen LogP contribution in [0, 0.1) is 0 Å². The minimum absolute atomic E-state index is 0. The standard InChI is InChI=1S/2C4H10S.Fe/c2*1-2-3-4-5;/h2*5H,2-4H2,1H3;/q;;+2/p-2. The maximum absolute atomic E-state index is 4.65. The molecule has 0 amide bonds. The smallest absolute Gasteiger partial charge is 0.793 e. The van der Waals surface area contributed by atoms with Crippen molar-refractivity contribution in [2.75, 3.05) is 11.5 Å². The Balaban J connectivity index is -0.000000107. The van der Waals surface area contributed by atoms with Crippen molar-refractivity contribution in [1.82, 2.24) is 0 Å². The van der Waals surface area contributed by atoms with Gasteiger partial charge in [-0.05, 0) is 0 Å². The predicted molar refractivity (Wildman–Crippen MR) is 54.3 cm³/mol. The Morgan fingerprint density at radius 3 is 1.09 bits per heavy atom. The van der Waals surface area contributed by atoms with Gasteiger partial charge in [0.25, 0.3) is 0 Å². The third kappa shape index (κ3) is 35.0. The largest absolute Gasteiger partial charge is 2.00 e. The number of rotatable bonds is 4. The summed E-state index contributed by atoms with van der Waals surface area (Å²) in [7, 11) is 0. The third-order valence-electron chi connectivity index (χ3n) is 0.996. The predicted octanol–water partition coefficient (Wildman–Crippen LogP) is 2.66. The van der Waals surface area contributed by atoms with E-state index < -0.39 is 0 Å². The number of hydrogen-bond donors (Lipinski definition) is 0. The maximum atomic E-state index is 4.65. The summed E-state index contributed by atoms with van der Waals surface area (Å²) in [5.41, 5.74) is 0. The van der Waals surface area contributed by atoms with Crippen molar-refractivity contribution >= 4 is 25.3 Å². The summed E-state index contributed by atoms with van der Waals surface area (Å²) in [6.45, 7) is 4.29. The number of unbranched alkanes of at least 4 members (excludes halogenated alkanes) is 2. The van der Waals surface area contributed by atoms with Crippen molar-refractivity contribution in [3.8, 4) is 0 Å². The molecule has 0 spiro atoms. The minimum Gasteiger partial charge on any atom is -0.793 e. The Hall–Kier alpha value is 1.22. The van der Waals surface area contributed by atoms with Gasteiger partial charge in [0.2, 0.25) is 0 Å². The number of hydrogen-bond acceptors (Lipinski definition) is 2. The fourth-order valence-corrected chi connectivity index (χ4v) is 0.866. The van der Waals surface area contributed by atoms with Gasteiger partial charge >= 0.3 is 17.1 Å². The van der Waals surface area contributed by atoms with Gasteiger partial charge in [-0.3, -0.25) is 0 Å². The summed E-state index contributed by atoms with van der Waals surface area (Å²) < 4.78 is 0. The Bertz CT molecular complexity index is 33.1. The van der Waals surface area contributed by atoms with Crippen molar-refractivity contribution in [3.63, 3.8) is 0 Å². The molecule has 0 saturated carbocycles. The molecule has 0 N–H and O–H groups in total. The van der Waals surface area contributed by atoms with Gasteiger partial charge in [0, 0.05) is 0 Å². The van der Waals surface area contributed by atoms with Crippen LogP contribution in [0.1, 0.15) is 39.5 Å². The molecule has 0 aliphatic rings. The second kappa shape index (κ2) is 22.5. The monoisotopic (exact) mass is 234 g/mol. The van der Waals surface area contributed by atoms with Crippen molar-refractivity contribution in [2.24, 2.45) is 0 Å². The van der Waals surface area contributed by atoms with Crippen LogP contribution >= 0.6 is 0 Å². The van der Waals surface area contributed by atoms with E-state index >= 15 is 0 Å². The second-order valence-electron chi connectivity index (χ2n) is 2.12. The first-order valence-corrected chi connectivity index (χ1v) is 5.15. The first-order chi connectivity index (χ1) is 4.83. The second-order valence-corrected chi connectivity index (χ2v) is 2.93. The van der Waals surface area contributed by atoms with Crippen LogP contribution in [0.25, 0.3) is 0 Å². The van der Waals surface area contributed by atoms with Crippen molar-refractivity contribution in [3.05, 3.63) is 0 Å². The molecule has 0 saturated heterocycles. The Morgan fingerprint density at radius 2 is 1.09 bits per heavy atom. The molecule has 0 unspecified atom stereocenters. The van der Waals surface area contributed by atoms with E-state index in [0.29, 0.717) is 0 Å². The van der Waals surface area contributed by atoms with E-state index in [9.17, 15) is 0 Å². The first-order valence-electron chi connectivity index (χ1n) is 3.99. The quantitative estimate of drug-likeness (QED) is 0.541. The summed E-state index contributed by atoms with van der Waals surface area (Å²) in [6.07, 6.45) is 4.89. The molecule has 11 heavy (non-hydrogen) atoms. The molecule has 0 atom stereocenters. The van der Waals surface area contributed by atoms with Crippen LogP contribution in [-0.4, -0.2) is 11.5 Å². The summed E-state index contributed by atoms with van der Waals surface area (Å²) in [4.78, 5) is 0. The molecule has 70 valence electrons.